The van der Waals surface area contributed by atoms with E-state index in [0.29, 0.717) is 0 Å². The number of aliphatic hydroxyl groups is 1. The number of aliphatic hydroxyl groups excluding tert-OH is 1. The zero-order valence-electron chi connectivity index (χ0n) is 15.5. The second-order valence-electron chi connectivity index (χ2n) is 7.02. The molecule has 0 radical (unpaired) electrons. The molecule has 2 N–H and O–H groups in total. The first kappa shape index (κ1) is 17.8. The van der Waals surface area contributed by atoms with Gasteiger partial charge in [-0.05, 0) is 49.2 Å². The molecule has 0 amide bonds. The van der Waals surface area contributed by atoms with Crippen LogP contribution in [0.4, 0.5) is 0 Å². The topological polar surface area (TPSA) is 36.0 Å². The number of aromatic nitrogens is 1. The number of thiophene rings is 1. The average Bonchev–Trinajstić information content (AvgIpc) is 3.36. The van der Waals surface area contributed by atoms with Gasteiger partial charge in [0.05, 0.1) is 5.92 Å². The van der Waals surface area contributed by atoms with E-state index in [-0.39, 0.29) is 5.92 Å². The van der Waals surface area contributed by atoms with E-state index in [1.54, 1.807) is 11.3 Å². The molecule has 2 atom stereocenters. The van der Waals surface area contributed by atoms with Gasteiger partial charge in [0.2, 0.25) is 0 Å². The molecular formula is C24H23NOS. The van der Waals surface area contributed by atoms with E-state index in [1.165, 1.54) is 21.6 Å². The van der Waals surface area contributed by atoms with Crippen LogP contribution in [0.1, 0.15) is 49.7 Å². The maximum atomic E-state index is 10.8. The fourth-order valence-electron chi connectivity index (χ4n) is 3.36. The van der Waals surface area contributed by atoms with Crippen molar-refractivity contribution < 1.29 is 5.11 Å². The third kappa shape index (κ3) is 3.75. The summed E-state index contributed by atoms with van der Waals surface area (Å²) in [5.74, 6) is 0.143. The SMILES string of the molecule is Cc1ccc(C(O)c2ccc(C(c3ccc(C)cc3)c3ccc[nH]3)s2)cc1. The van der Waals surface area contributed by atoms with E-state index < -0.39 is 6.10 Å². The molecule has 2 nitrogen and oxygen atoms in total. The molecule has 136 valence electrons. The molecule has 0 spiro atoms. The van der Waals surface area contributed by atoms with Crippen LogP contribution in [0.25, 0.3) is 0 Å². The van der Waals surface area contributed by atoms with Crippen LogP contribution in [0.5, 0.6) is 0 Å². The molecule has 2 aromatic carbocycles. The molecule has 0 bridgehead atoms. The predicted molar refractivity (Wildman–Crippen MR) is 112 cm³/mol. The largest absolute Gasteiger partial charge is 0.383 e. The van der Waals surface area contributed by atoms with Crippen molar-refractivity contribution in [2.24, 2.45) is 0 Å². The van der Waals surface area contributed by atoms with E-state index in [0.717, 1.165) is 16.1 Å². The minimum Gasteiger partial charge on any atom is -0.383 e. The Balaban J connectivity index is 1.70. The fourth-order valence-corrected chi connectivity index (χ4v) is 4.54. The highest BCUT2D eigenvalue weighted by Crippen LogP contribution is 2.38. The molecule has 0 fully saturated rings. The minimum absolute atomic E-state index is 0.143. The van der Waals surface area contributed by atoms with Gasteiger partial charge < -0.3 is 10.1 Å². The first-order valence-corrected chi connectivity index (χ1v) is 9.97. The van der Waals surface area contributed by atoms with Gasteiger partial charge in [0.25, 0.3) is 0 Å². The van der Waals surface area contributed by atoms with Crippen molar-refractivity contribution in [2.75, 3.05) is 0 Å². The van der Waals surface area contributed by atoms with Crippen molar-refractivity contribution in [3.05, 3.63) is 117 Å². The second kappa shape index (κ2) is 7.55. The van der Waals surface area contributed by atoms with Crippen molar-refractivity contribution in [2.45, 2.75) is 25.9 Å². The number of hydrogen-bond acceptors (Lipinski definition) is 2. The Bertz CT molecular complexity index is 997. The fraction of sp³-hybridized carbons (Fsp3) is 0.167. The molecule has 4 rings (SSSR count). The van der Waals surface area contributed by atoms with Crippen LogP contribution in [-0.4, -0.2) is 10.1 Å². The van der Waals surface area contributed by atoms with Gasteiger partial charge in [0.1, 0.15) is 6.10 Å². The number of rotatable bonds is 5. The van der Waals surface area contributed by atoms with Gasteiger partial charge in [-0.25, -0.2) is 0 Å². The van der Waals surface area contributed by atoms with E-state index in [4.69, 9.17) is 0 Å². The van der Waals surface area contributed by atoms with E-state index >= 15 is 0 Å². The maximum Gasteiger partial charge on any atom is 0.113 e. The highest BCUT2D eigenvalue weighted by atomic mass is 32.1. The number of H-pyrrole nitrogens is 1. The lowest BCUT2D eigenvalue weighted by Gasteiger charge is -2.15. The van der Waals surface area contributed by atoms with Gasteiger partial charge in [0, 0.05) is 21.6 Å². The van der Waals surface area contributed by atoms with Crippen molar-refractivity contribution in [1.82, 2.24) is 4.98 Å². The third-order valence-corrected chi connectivity index (χ3v) is 6.14. The van der Waals surface area contributed by atoms with Crippen LogP contribution >= 0.6 is 11.3 Å². The van der Waals surface area contributed by atoms with Gasteiger partial charge in [-0.2, -0.15) is 0 Å². The average molecular weight is 374 g/mol. The normalized spacial score (nSPS) is 13.4. The summed E-state index contributed by atoms with van der Waals surface area (Å²) in [6, 6.07) is 25.1. The summed E-state index contributed by atoms with van der Waals surface area (Å²) < 4.78 is 0. The summed E-state index contributed by atoms with van der Waals surface area (Å²) in [5.41, 5.74) is 5.80. The summed E-state index contributed by atoms with van der Waals surface area (Å²) in [7, 11) is 0. The number of aromatic amines is 1. The van der Waals surface area contributed by atoms with Crippen LogP contribution in [-0.2, 0) is 0 Å². The zero-order valence-corrected chi connectivity index (χ0v) is 16.3. The van der Waals surface area contributed by atoms with Crippen LogP contribution in [0.15, 0.2) is 79.0 Å². The van der Waals surface area contributed by atoms with Crippen LogP contribution in [0, 0.1) is 13.8 Å². The Kier molecular flexibility index (Phi) is 4.97. The van der Waals surface area contributed by atoms with Crippen LogP contribution in [0.3, 0.4) is 0 Å². The molecule has 0 aliphatic rings. The van der Waals surface area contributed by atoms with E-state index in [9.17, 15) is 5.11 Å². The summed E-state index contributed by atoms with van der Waals surface area (Å²) in [6.07, 6.45) is 1.37. The van der Waals surface area contributed by atoms with Gasteiger partial charge in [-0.3, -0.25) is 0 Å². The number of aryl methyl sites for hydroxylation is 2. The minimum atomic E-state index is -0.591. The van der Waals surface area contributed by atoms with Gasteiger partial charge in [-0.1, -0.05) is 59.7 Å². The summed E-state index contributed by atoms with van der Waals surface area (Å²) in [5, 5.41) is 10.8. The van der Waals surface area contributed by atoms with Crippen molar-refractivity contribution in [1.29, 1.82) is 0 Å². The van der Waals surface area contributed by atoms with E-state index in [2.05, 4.69) is 61.3 Å². The molecule has 2 aromatic heterocycles. The summed E-state index contributed by atoms with van der Waals surface area (Å²) >= 11 is 1.68. The Morgan fingerprint density at radius 1 is 0.741 bits per heavy atom. The lowest BCUT2D eigenvalue weighted by Crippen LogP contribution is -2.02. The third-order valence-electron chi connectivity index (χ3n) is 4.94. The van der Waals surface area contributed by atoms with Gasteiger partial charge in [-0.15, -0.1) is 11.3 Å². The zero-order chi connectivity index (χ0) is 18.8. The van der Waals surface area contributed by atoms with Crippen LogP contribution in [0.2, 0.25) is 0 Å². The summed E-state index contributed by atoms with van der Waals surface area (Å²) in [6.45, 7) is 4.16. The molecular weight excluding hydrogens is 350 g/mol. The maximum absolute atomic E-state index is 10.8. The first-order valence-electron chi connectivity index (χ1n) is 9.16. The second-order valence-corrected chi connectivity index (χ2v) is 8.17. The Labute approximate surface area is 164 Å². The van der Waals surface area contributed by atoms with Crippen molar-refractivity contribution in [3.63, 3.8) is 0 Å². The van der Waals surface area contributed by atoms with Crippen molar-refractivity contribution >= 4 is 11.3 Å². The number of benzene rings is 2. The number of nitrogens with one attached hydrogen (secondary N) is 1. The standard InChI is InChI=1S/C24H23NOS/c1-16-5-9-18(10-6-16)23(20-4-3-15-25-20)21-13-14-22(27-21)24(26)19-11-7-17(2)8-12-19/h3-15,23-26H,1-2H3. The smallest absolute Gasteiger partial charge is 0.113 e. The highest BCUT2D eigenvalue weighted by Gasteiger charge is 2.21. The lowest BCUT2D eigenvalue weighted by atomic mass is 9.93. The summed E-state index contributed by atoms with van der Waals surface area (Å²) in [4.78, 5) is 5.56. The molecule has 2 heterocycles. The number of hydrogen-bond donors (Lipinski definition) is 2. The van der Waals surface area contributed by atoms with E-state index in [1.807, 2.05) is 36.5 Å². The van der Waals surface area contributed by atoms with Gasteiger partial charge in [0.15, 0.2) is 0 Å². The Morgan fingerprint density at radius 3 is 1.93 bits per heavy atom. The molecule has 0 aliphatic heterocycles. The molecule has 4 aromatic rings. The highest BCUT2D eigenvalue weighted by molar-refractivity contribution is 7.12. The monoisotopic (exact) mass is 373 g/mol. The van der Waals surface area contributed by atoms with Crippen LogP contribution < -0.4 is 0 Å². The lowest BCUT2D eigenvalue weighted by molar-refractivity contribution is 0.224. The first-order chi connectivity index (χ1) is 13.1. The molecule has 0 saturated heterocycles. The molecule has 0 saturated carbocycles. The van der Waals surface area contributed by atoms with Crippen molar-refractivity contribution in [3.8, 4) is 0 Å². The molecule has 3 heteroatoms. The quantitative estimate of drug-likeness (QED) is 0.445. The molecule has 2 unspecified atom stereocenters. The molecule has 0 aliphatic carbocycles. The predicted octanol–water partition coefficient (Wildman–Crippen LogP) is 5.95. The van der Waals surface area contributed by atoms with Gasteiger partial charge >= 0.3 is 0 Å². The Hall–Kier alpha value is -2.62. The Morgan fingerprint density at radius 2 is 1.33 bits per heavy atom. The molecule has 27 heavy (non-hydrogen) atoms.